The summed E-state index contributed by atoms with van der Waals surface area (Å²) < 4.78 is 0. The zero-order valence-corrected chi connectivity index (χ0v) is 16.2. The molecule has 3 heteroatoms. The van der Waals surface area contributed by atoms with Crippen LogP contribution in [-0.4, -0.2) is 11.9 Å². The van der Waals surface area contributed by atoms with E-state index in [2.05, 4.69) is 54.7 Å². The molecule has 1 aliphatic rings. The van der Waals surface area contributed by atoms with E-state index < -0.39 is 0 Å². The number of rotatable bonds is 5. The van der Waals surface area contributed by atoms with Crippen molar-refractivity contribution in [1.29, 1.82) is 0 Å². The van der Waals surface area contributed by atoms with Crippen molar-refractivity contribution >= 4 is 17.3 Å². The van der Waals surface area contributed by atoms with Gasteiger partial charge in [-0.2, -0.15) is 0 Å². The molecule has 3 aromatic rings. The number of nitrogens with one attached hydrogen (secondary N) is 1. The molecule has 3 nitrogen and oxygen atoms in total. The summed E-state index contributed by atoms with van der Waals surface area (Å²) in [5.41, 5.74) is 4.54. The fourth-order valence-electron chi connectivity index (χ4n) is 4.08. The fraction of sp³-hybridized carbons (Fsp3) is 0.240. The minimum atomic E-state index is 0.152. The highest BCUT2D eigenvalue weighted by Gasteiger charge is 2.33. The third-order valence-corrected chi connectivity index (χ3v) is 5.44. The van der Waals surface area contributed by atoms with Crippen LogP contribution in [-0.2, 0) is 11.2 Å². The summed E-state index contributed by atoms with van der Waals surface area (Å²) in [6, 6.07) is 29.2. The minimum Gasteiger partial charge on any atom is -0.378 e. The summed E-state index contributed by atoms with van der Waals surface area (Å²) >= 11 is 0. The molecule has 0 unspecified atom stereocenters. The molecule has 142 valence electrons. The molecule has 1 N–H and O–H groups in total. The van der Waals surface area contributed by atoms with Gasteiger partial charge in [-0.15, -0.1) is 0 Å². The first-order chi connectivity index (χ1) is 13.7. The topological polar surface area (TPSA) is 32.3 Å². The lowest BCUT2D eigenvalue weighted by atomic mass is 9.91. The van der Waals surface area contributed by atoms with E-state index in [-0.39, 0.29) is 18.0 Å². The van der Waals surface area contributed by atoms with Gasteiger partial charge in [-0.25, -0.2) is 0 Å². The number of benzene rings is 3. The van der Waals surface area contributed by atoms with Crippen LogP contribution in [0.5, 0.6) is 0 Å². The molecule has 1 heterocycles. The average molecular weight is 370 g/mol. The summed E-state index contributed by atoms with van der Waals surface area (Å²) in [7, 11) is 0. The van der Waals surface area contributed by atoms with E-state index in [0.717, 1.165) is 24.2 Å². The lowest BCUT2D eigenvalue weighted by Gasteiger charge is -2.40. The molecular formula is C25H26N2O. The second kappa shape index (κ2) is 8.30. The van der Waals surface area contributed by atoms with Crippen LogP contribution in [0.15, 0.2) is 84.9 Å². The molecule has 0 fully saturated rings. The van der Waals surface area contributed by atoms with Crippen molar-refractivity contribution in [3.63, 3.8) is 0 Å². The van der Waals surface area contributed by atoms with Crippen molar-refractivity contribution in [1.82, 2.24) is 0 Å². The Balaban J connectivity index is 1.54. The van der Waals surface area contributed by atoms with Gasteiger partial charge in [-0.3, -0.25) is 4.79 Å². The first kappa shape index (κ1) is 18.3. The number of carbonyl (C=O) groups excluding carboxylic acids is 1. The molecule has 0 saturated heterocycles. The van der Waals surface area contributed by atoms with E-state index in [4.69, 9.17) is 0 Å². The maximum Gasteiger partial charge on any atom is 0.227 e. The first-order valence-corrected chi connectivity index (χ1v) is 9.99. The van der Waals surface area contributed by atoms with Gasteiger partial charge in [0.2, 0.25) is 5.91 Å². The maximum atomic E-state index is 13.1. The quantitative estimate of drug-likeness (QED) is 0.634. The lowest BCUT2D eigenvalue weighted by molar-refractivity contribution is -0.119. The first-order valence-electron chi connectivity index (χ1n) is 9.99. The Morgan fingerprint density at radius 3 is 2.32 bits per heavy atom. The van der Waals surface area contributed by atoms with Gasteiger partial charge in [-0.1, -0.05) is 66.7 Å². The molecule has 2 atom stereocenters. The monoisotopic (exact) mass is 370 g/mol. The van der Waals surface area contributed by atoms with Gasteiger partial charge in [-0.05, 0) is 49.1 Å². The van der Waals surface area contributed by atoms with Crippen LogP contribution in [0.4, 0.5) is 11.4 Å². The SMILES string of the molecule is C[C@@H]1C[C@@H](Nc2ccccc2)c2ccccc2N1C(=O)CCc1ccccc1. The number of anilines is 2. The number of amides is 1. The molecule has 0 bridgehead atoms. The number of hydrogen-bond acceptors (Lipinski definition) is 2. The predicted octanol–water partition coefficient (Wildman–Crippen LogP) is 5.60. The third-order valence-electron chi connectivity index (χ3n) is 5.44. The Morgan fingerprint density at radius 1 is 0.929 bits per heavy atom. The second-order valence-electron chi connectivity index (χ2n) is 7.46. The van der Waals surface area contributed by atoms with Gasteiger partial charge in [0.05, 0.1) is 6.04 Å². The minimum absolute atomic E-state index is 0.152. The summed E-state index contributed by atoms with van der Waals surface area (Å²) in [5.74, 6) is 0.196. The summed E-state index contributed by atoms with van der Waals surface area (Å²) in [6.45, 7) is 2.15. The van der Waals surface area contributed by atoms with Crippen molar-refractivity contribution in [2.45, 2.75) is 38.3 Å². The predicted molar refractivity (Wildman–Crippen MR) is 116 cm³/mol. The van der Waals surface area contributed by atoms with E-state index in [1.807, 2.05) is 47.4 Å². The fourth-order valence-corrected chi connectivity index (χ4v) is 4.08. The van der Waals surface area contributed by atoms with Crippen molar-refractivity contribution in [2.24, 2.45) is 0 Å². The zero-order valence-electron chi connectivity index (χ0n) is 16.2. The van der Waals surface area contributed by atoms with Crippen LogP contribution < -0.4 is 10.2 Å². The molecule has 0 spiro atoms. The van der Waals surface area contributed by atoms with E-state index in [1.54, 1.807) is 0 Å². The van der Waals surface area contributed by atoms with E-state index in [9.17, 15) is 4.79 Å². The van der Waals surface area contributed by atoms with Crippen LogP contribution >= 0.6 is 0 Å². The normalized spacial score (nSPS) is 18.4. The second-order valence-corrected chi connectivity index (χ2v) is 7.46. The molecule has 1 amide bonds. The number of fused-ring (bicyclic) bond motifs is 1. The Hall–Kier alpha value is -3.07. The van der Waals surface area contributed by atoms with Gasteiger partial charge >= 0.3 is 0 Å². The summed E-state index contributed by atoms with van der Waals surface area (Å²) in [5, 5.41) is 3.65. The Bertz CT molecular complexity index is 924. The van der Waals surface area contributed by atoms with E-state index in [0.29, 0.717) is 6.42 Å². The summed E-state index contributed by atoms with van der Waals surface area (Å²) in [6.07, 6.45) is 2.19. The summed E-state index contributed by atoms with van der Waals surface area (Å²) in [4.78, 5) is 15.1. The highest BCUT2D eigenvalue weighted by molar-refractivity contribution is 5.95. The van der Waals surface area contributed by atoms with Crippen LogP contribution in [0.25, 0.3) is 0 Å². The molecule has 1 aliphatic heterocycles. The maximum absolute atomic E-state index is 13.1. The van der Waals surface area contributed by atoms with Crippen LogP contribution in [0.3, 0.4) is 0 Å². The van der Waals surface area contributed by atoms with Crippen LogP contribution in [0, 0.1) is 0 Å². The molecule has 0 aromatic heterocycles. The molecule has 4 rings (SSSR count). The number of carbonyl (C=O) groups is 1. The van der Waals surface area contributed by atoms with E-state index >= 15 is 0 Å². The van der Waals surface area contributed by atoms with Gasteiger partial charge in [0, 0.05) is 23.8 Å². The largest absolute Gasteiger partial charge is 0.378 e. The van der Waals surface area contributed by atoms with Gasteiger partial charge in [0.15, 0.2) is 0 Å². The number of para-hydroxylation sites is 2. The van der Waals surface area contributed by atoms with Gasteiger partial charge < -0.3 is 10.2 Å². The van der Waals surface area contributed by atoms with Gasteiger partial charge in [0.1, 0.15) is 0 Å². The van der Waals surface area contributed by atoms with Gasteiger partial charge in [0.25, 0.3) is 0 Å². The van der Waals surface area contributed by atoms with Crippen molar-refractivity contribution < 1.29 is 4.79 Å². The number of aryl methyl sites for hydroxylation is 1. The Labute approximate surface area is 167 Å². The molecule has 0 saturated carbocycles. The van der Waals surface area contributed by atoms with Crippen LogP contribution in [0.1, 0.15) is 36.9 Å². The zero-order chi connectivity index (χ0) is 19.3. The standard InChI is InChI=1S/C25H26N2O/c1-19-18-23(26-21-12-6-3-7-13-21)22-14-8-9-15-24(22)27(19)25(28)17-16-20-10-4-2-5-11-20/h2-15,19,23,26H,16-18H2,1H3/t19-,23-/m1/s1. The van der Waals surface area contributed by atoms with Crippen molar-refractivity contribution in [2.75, 3.05) is 10.2 Å². The molecule has 28 heavy (non-hydrogen) atoms. The van der Waals surface area contributed by atoms with Crippen molar-refractivity contribution in [3.8, 4) is 0 Å². The van der Waals surface area contributed by atoms with Crippen LogP contribution in [0.2, 0.25) is 0 Å². The highest BCUT2D eigenvalue weighted by atomic mass is 16.2. The molecule has 3 aromatic carbocycles. The van der Waals surface area contributed by atoms with Crippen molar-refractivity contribution in [3.05, 3.63) is 96.1 Å². The molecule has 0 aliphatic carbocycles. The Morgan fingerprint density at radius 2 is 1.57 bits per heavy atom. The molecular weight excluding hydrogens is 344 g/mol. The Kier molecular flexibility index (Phi) is 5.43. The van der Waals surface area contributed by atoms with E-state index in [1.165, 1.54) is 11.1 Å². The number of hydrogen-bond donors (Lipinski definition) is 1. The number of nitrogens with zero attached hydrogens (tertiary/aromatic N) is 1. The average Bonchev–Trinajstić information content (AvgIpc) is 2.74. The highest BCUT2D eigenvalue weighted by Crippen LogP contribution is 2.39. The molecule has 0 radical (unpaired) electrons. The third kappa shape index (κ3) is 3.94. The smallest absolute Gasteiger partial charge is 0.227 e. The lowest BCUT2D eigenvalue weighted by Crippen LogP contribution is -2.44.